The Kier molecular flexibility index (Phi) is 32.5. The molecule has 0 saturated carbocycles. The molecule has 0 unspecified atom stereocenters. The highest BCUT2D eigenvalue weighted by atomic mass is 35.5. The molecule has 4 aliphatic heterocycles. The standard InChI is InChI=1S/C25H23ClFN3O5S2.C24H27N5O3S.C23H24ClN5O3S.C23H24ClN5O2S2/c1-17-11-19(26)14-22(12-17)35-24-6-5-18(16-28)13-25(24)37(33,34)30-9-7-21(8-10-30)29-36(31,32)23-4-2-3-20(27)15-23;1-16-11-17(2)13-22(12-16)32-23-6-5-20(15-25)14-24(23)33(30,31)28-9-7-21(8-10-28)29-18(3)26-27-19(29)4;2*1-15-10-19(24)13-21(11-15)32-22-5-4-18(14-25)12-23(22)33(30,31)28-8-6-20(7-9-28)29-16(2)26-27-17(29)3/h2-6,11-15,21,29H,7-10H2,1H3;5-6,11-14,21H,7-10H2,1-4H3;2*4-5,10-13,20H,6-9H2,1-3H3. The van der Waals surface area contributed by atoms with E-state index in [9.17, 15) is 67.5 Å². The second kappa shape index (κ2) is 43.4. The van der Waals surface area contributed by atoms with Crippen molar-refractivity contribution < 1.29 is 60.7 Å². The van der Waals surface area contributed by atoms with Gasteiger partial charge in [0.25, 0.3) is 0 Å². The number of nitrogens with one attached hydrogen (secondary N) is 1. The van der Waals surface area contributed by atoms with Gasteiger partial charge in [0.1, 0.15) is 89.9 Å². The highest BCUT2D eigenvalue weighted by molar-refractivity contribution is 8.00. The van der Waals surface area contributed by atoms with Crippen molar-refractivity contribution >= 4 is 96.7 Å². The minimum Gasteiger partial charge on any atom is -0.456 e. The van der Waals surface area contributed by atoms with E-state index in [1.54, 1.807) is 60.7 Å². The van der Waals surface area contributed by atoms with Gasteiger partial charge in [-0.05, 0) is 313 Å². The van der Waals surface area contributed by atoms with E-state index in [4.69, 9.17) is 49.0 Å². The van der Waals surface area contributed by atoms with Crippen molar-refractivity contribution in [3.63, 3.8) is 0 Å². The fraction of sp³-hybridized carbons (Fsp3) is 0.326. The lowest BCUT2D eigenvalue weighted by atomic mass is 10.1. The monoisotopic (exact) mass is 2010 g/mol. The molecule has 136 heavy (non-hydrogen) atoms. The summed E-state index contributed by atoms with van der Waals surface area (Å²) in [5, 5.41) is 63.7. The third-order valence-corrected chi connectivity index (χ3v) is 34.3. The van der Waals surface area contributed by atoms with E-state index in [2.05, 4.69) is 55.1 Å². The minimum atomic E-state index is -4.09. The van der Waals surface area contributed by atoms with Gasteiger partial charge in [-0.3, -0.25) is 0 Å². The lowest BCUT2D eigenvalue weighted by Crippen LogP contribution is -2.46. The zero-order chi connectivity index (χ0) is 98.0. The summed E-state index contributed by atoms with van der Waals surface area (Å²) < 4.78 is 180. The summed E-state index contributed by atoms with van der Waals surface area (Å²) in [4.78, 5) is 1.17. The molecule has 0 aliphatic carbocycles. The molecule has 0 spiro atoms. The summed E-state index contributed by atoms with van der Waals surface area (Å²) in [5.74, 6) is 6.06. The van der Waals surface area contributed by atoms with Gasteiger partial charge in [-0.25, -0.2) is 51.2 Å². The van der Waals surface area contributed by atoms with Gasteiger partial charge >= 0.3 is 0 Å². The maximum Gasteiger partial charge on any atom is 0.246 e. The molecule has 31 nitrogen and oxygen atoms in total. The first kappa shape index (κ1) is 102. The molecule has 41 heteroatoms. The quantitative estimate of drug-likeness (QED) is 0.0658. The molecule has 4 aliphatic rings. The Balaban J connectivity index is 0.000000154. The third-order valence-electron chi connectivity index (χ3n) is 23.3. The largest absolute Gasteiger partial charge is 0.456 e. The van der Waals surface area contributed by atoms with Gasteiger partial charge in [0.15, 0.2) is 0 Å². The van der Waals surface area contributed by atoms with Crippen LogP contribution in [0.2, 0.25) is 15.1 Å². The van der Waals surface area contributed by atoms with Crippen molar-refractivity contribution in [1.29, 1.82) is 21.0 Å². The van der Waals surface area contributed by atoms with E-state index in [0.717, 1.165) is 79.8 Å². The van der Waals surface area contributed by atoms with Crippen LogP contribution in [0, 0.1) is 127 Å². The van der Waals surface area contributed by atoms with Crippen LogP contribution in [-0.2, 0) is 50.1 Å². The average Bonchev–Trinajstić information content (AvgIpc) is 1.06. The van der Waals surface area contributed by atoms with Crippen LogP contribution < -0.4 is 18.9 Å². The summed E-state index contributed by atoms with van der Waals surface area (Å²) in [5.41, 5.74) is 5.71. The first-order chi connectivity index (χ1) is 64.5. The normalized spacial score (nSPS) is 15.4. The Morgan fingerprint density at radius 3 is 0.971 bits per heavy atom. The van der Waals surface area contributed by atoms with Gasteiger partial charge in [-0.1, -0.05) is 58.7 Å². The molecular formula is C95H98Cl3FN18O13S6. The van der Waals surface area contributed by atoms with Gasteiger partial charge in [0.2, 0.25) is 50.1 Å². The van der Waals surface area contributed by atoms with Crippen LogP contribution in [-0.4, -0.2) is 162 Å². The summed E-state index contributed by atoms with van der Waals surface area (Å²) >= 11 is 19.8. The molecule has 7 heterocycles. The average molecular weight is 2020 g/mol. The molecule has 0 atom stereocenters. The third kappa shape index (κ3) is 24.3. The maximum absolute atomic E-state index is 13.7. The summed E-state index contributed by atoms with van der Waals surface area (Å²) in [6.45, 7) is 23.3. The second-order valence-electron chi connectivity index (χ2n) is 33.4. The van der Waals surface area contributed by atoms with Gasteiger partial charge in [-0.2, -0.15) is 38.3 Å². The number of sulfonamides is 5. The molecule has 4 saturated heterocycles. The first-order valence-corrected chi connectivity index (χ1v) is 52.4. The lowest BCUT2D eigenvalue weighted by molar-refractivity contribution is 0.268. The minimum absolute atomic E-state index is 0.0100. The van der Waals surface area contributed by atoms with Crippen LogP contribution in [0.25, 0.3) is 0 Å². The summed E-state index contributed by atoms with van der Waals surface area (Å²) in [7, 11) is -19.6. The van der Waals surface area contributed by atoms with Crippen LogP contribution in [0.1, 0.15) is 155 Å². The Hall–Kier alpha value is -11.5. The molecule has 0 bridgehead atoms. The number of hydrogen-bond donors (Lipinski definition) is 1. The number of aryl methyl sites for hydroxylation is 11. The van der Waals surface area contributed by atoms with E-state index in [-0.39, 0.29) is 102 Å². The number of piperidine rings is 4. The molecule has 3 aromatic heterocycles. The van der Waals surface area contributed by atoms with Crippen LogP contribution in [0.3, 0.4) is 0 Å². The fourth-order valence-electron chi connectivity index (χ4n) is 17.0. The highest BCUT2D eigenvalue weighted by Gasteiger charge is 2.39. The van der Waals surface area contributed by atoms with Crippen LogP contribution >= 0.6 is 46.6 Å². The zero-order valence-electron chi connectivity index (χ0n) is 76.2. The van der Waals surface area contributed by atoms with Gasteiger partial charge in [0, 0.05) is 101 Å². The van der Waals surface area contributed by atoms with Gasteiger partial charge in [-0.15, -0.1) is 30.6 Å². The number of nitriles is 4. The Morgan fingerprint density at radius 2 is 0.647 bits per heavy atom. The predicted octanol–water partition coefficient (Wildman–Crippen LogP) is 18.2. The van der Waals surface area contributed by atoms with Gasteiger partial charge in [0.05, 0.1) is 56.3 Å². The van der Waals surface area contributed by atoms with E-state index < -0.39 is 62.0 Å². The topological polar surface area (TPSA) is 411 Å². The highest BCUT2D eigenvalue weighted by Crippen LogP contribution is 2.43. The first-order valence-electron chi connectivity index (χ1n) is 43.2. The summed E-state index contributed by atoms with van der Waals surface area (Å²) in [6.07, 6.45) is 4.35. The summed E-state index contributed by atoms with van der Waals surface area (Å²) in [6, 6.07) is 52.0. The number of nitrogens with zero attached hydrogens (tertiary/aromatic N) is 17. The molecule has 710 valence electrons. The SMILES string of the molecule is Cc1cc(C)cc(Oc2ccc(C#N)cc2S(=O)(=O)N2CCC(n3c(C)nnc3C)CC2)c1.Cc1cc(Cl)cc(Oc2ccc(C#N)cc2S(=O)(=O)N2CCC(NS(=O)(=O)c3cccc(F)c3)CC2)c1.Cc1cc(Cl)cc(Oc2ccc(C#N)cc2S(=O)(=O)N2CCC(n3c(C)nnc3C)CC2)c1.Cc1cc(Cl)cc(Sc2ccc(C#N)cc2S(=O)(=O)N2CCC(n3c(C)nnc3C)CC2)c1. The van der Waals surface area contributed by atoms with E-state index in [1.807, 2.05) is 131 Å². The zero-order valence-corrected chi connectivity index (χ0v) is 83.3. The smallest absolute Gasteiger partial charge is 0.246 e. The van der Waals surface area contributed by atoms with Crippen LogP contribution in [0.15, 0.2) is 204 Å². The van der Waals surface area contributed by atoms with Crippen molar-refractivity contribution in [2.45, 2.75) is 186 Å². The number of benzene rings is 9. The molecule has 1 N–H and O–H groups in total. The predicted molar refractivity (Wildman–Crippen MR) is 512 cm³/mol. The van der Waals surface area contributed by atoms with Crippen LogP contribution in [0.5, 0.6) is 34.5 Å². The molecule has 9 aromatic carbocycles. The number of rotatable bonds is 22. The van der Waals surface area contributed by atoms with Crippen molar-refractivity contribution in [3.8, 4) is 58.8 Å². The molecule has 16 rings (SSSR count). The number of hydrogen-bond acceptors (Lipinski definition) is 24. The maximum atomic E-state index is 13.7. The van der Waals surface area contributed by atoms with Crippen molar-refractivity contribution in [3.05, 3.63) is 276 Å². The number of ether oxygens (including phenoxy) is 3. The van der Waals surface area contributed by atoms with E-state index >= 15 is 0 Å². The van der Waals surface area contributed by atoms with Crippen molar-refractivity contribution in [1.82, 2.24) is 66.2 Å². The Bertz CT molecular complexity index is 6680. The molecule has 0 amide bonds. The number of aromatic nitrogens is 9. The fourth-order valence-corrected chi connectivity index (χ4v) is 27.0. The van der Waals surface area contributed by atoms with Crippen molar-refractivity contribution in [2.24, 2.45) is 0 Å². The Morgan fingerprint density at radius 1 is 0.353 bits per heavy atom. The molecular weight excluding hydrogens is 1920 g/mol. The lowest BCUT2D eigenvalue weighted by Gasteiger charge is -2.33. The van der Waals surface area contributed by atoms with E-state index in [1.165, 1.54) is 89.6 Å². The molecule has 12 aromatic rings. The van der Waals surface area contributed by atoms with E-state index in [0.29, 0.717) is 121 Å². The van der Waals surface area contributed by atoms with Crippen LogP contribution in [0.4, 0.5) is 4.39 Å². The Labute approximate surface area is 811 Å². The second-order valence-corrected chi connectivity index (χ2v) is 45.1. The van der Waals surface area contributed by atoms with Crippen molar-refractivity contribution in [2.75, 3.05) is 52.4 Å². The molecule has 0 radical (unpaired) electrons. The number of halogens is 4. The molecule has 4 fully saturated rings. The van der Waals surface area contributed by atoms with Gasteiger partial charge < -0.3 is 27.9 Å².